The zero-order chi connectivity index (χ0) is 20.5. The van der Waals surface area contributed by atoms with Crippen molar-refractivity contribution in [2.75, 3.05) is 12.0 Å². The molecule has 0 bridgehead atoms. The molecule has 1 aliphatic carbocycles. The molecule has 0 saturated heterocycles. The lowest BCUT2D eigenvalue weighted by atomic mass is 10.0. The van der Waals surface area contributed by atoms with Gasteiger partial charge in [0.15, 0.2) is 6.73 Å². The van der Waals surface area contributed by atoms with E-state index in [4.69, 9.17) is 16.3 Å². The average molecular weight is 423 g/mol. The van der Waals surface area contributed by atoms with Gasteiger partial charge in [-0.05, 0) is 58.2 Å². The molecule has 0 unspecified atom stereocenters. The maximum absolute atomic E-state index is 13.2. The molecule has 1 heterocycles. The van der Waals surface area contributed by atoms with Gasteiger partial charge in [0, 0.05) is 16.0 Å². The Morgan fingerprint density at radius 1 is 1.29 bits per heavy atom. The summed E-state index contributed by atoms with van der Waals surface area (Å²) in [6, 6.07) is 5.34. The number of rotatable bonds is 5. The first-order valence-corrected chi connectivity index (χ1v) is 10.9. The predicted octanol–water partition coefficient (Wildman–Crippen LogP) is 5.09. The minimum absolute atomic E-state index is 0.0638. The molecule has 5 nitrogen and oxygen atoms in total. The van der Waals surface area contributed by atoms with E-state index in [9.17, 15) is 9.59 Å². The smallest absolute Gasteiger partial charge is 0.267 e. The highest BCUT2D eigenvalue weighted by atomic mass is 35.5. The standard InChI is InChI=1S/C21H27ClN2O3S/c1-13-9-10-15(22)11-17(13)23-20(26)21(3,4)24-12-27-14(2)18(19(24)25)28-16-7-5-6-8-16/h9-11,16H,5-8,12H2,1-4H3,(H,23,26). The van der Waals surface area contributed by atoms with Crippen LogP contribution >= 0.6 is 23.4 Å². The van der Waals surface area contributed by atoms with Gasteiger partial charge >= 0.3 is 0 Å². The Kier molecular flexibility index (Phi) is 6.30. The summed E-state index contributed by atoms with van der Waals surface area (Å²) in [6.07, 6.45) is 4.64. The number of allylic oxidation sites excluding steroid dienone is 1. The Morgan fingerprint density at radius 2 is 1.96 bits per heavy atom. The number of benzene rings is 1. The van der Waals surface area contributed by atoms with Crippen molar-refractivity contribution in [1.29, 1.82) is 0 Å². The van der Waals surface area contributed by atoms with Crippen LogP contribution in [0, 0.1) is 6.92 Å². The monoisotopic (exact) mass is 422 g/mol. The second-order valence-electron chi connectivity index (χ2n) is 7.89. The number of halogens is 1. The molecule has 0 aromatic heterocycles. The molecule has 1 aliphatic heterocycles. The van der Waals surface area contributed by atoms with Crippen molar-refractivity contribution in [2.24, 2.45) is 0 Å². The third-order valence-electron chi connectivity index (χ3n) is 5.43. The van der Waals surface area contributed by atoms with Gasteiger partial charge in [-0.1, -0.05) is 30.5 Å². The van der Waals surface area contributed by atoms with Gasteiger partial charge in [-0.25, -0.2) is 0 Å². The van der Waals surface area contributed by atoms with E-state index < -0.39 is 5.54 Å². The largest absolute Gasteiger partial charge is 0.476 e. The molecule has 3 rings (SSSR count). The van der Waals surface area contributed by atoms with Crippen molar-refractivity contribution >= 4 is 40.9 Å². The van der Waals surface area contributed by atoms with E-state index in [0.717, 1.165) is 18.4 Å². The first-order valence-electron chi connectivity index (χ1n) is 9.60. The number of carbonyl (C=O) groups excluding carboxylic acids is 2. The number of hydrogen-bond acceptors (Lipinski definition) is 4. The highest BCUT2D eigenvalue weighted by Crippen LogP contribution is 2.39. The zero-order valence-corrected chi connectivity index (χ0v) is 18.4. The van der Waals surface area contributed by atoms with Crippen LogP contribution in [0.1, 0.15) is 52.0 Å². The maximum atomic E-state index is 13.2. The van der Waals surface area contributed by atoms with Gasteiger partial charge in [0.1, 0.15) is 16.2 Å². The Morgan fingerprint density at radius 3 is 2.64 bits per heavy atom. The first-order chi connectivity index (χ1) is 13.2. The van der Waals surface area contributed by atoms with Gasteiger partial charge in [0.25, 0.3) is 5.91 Å². The fourth-order valence-electron chi connectivity index (χ4n) is 3.41. The summed E-state index contributed by atoms with van der Waals surface area (Å²) in [5.74, 6) is 0.239. The third kappa shape index (κ3) is 4.33. The Bertz CT molecular complexity index is 816. The van der Waals surface area contributed by atoms with Crippen molar-refractivity contribution in [3.8, 4) is 0 Å². The Balaban J connectivity index is 1.77. The molecule has 1 fully saturated rings. The quantitative estimate of drug-likeness (QED) is 0.718. The van der Waals surface area contributed by atoms with Crippen LogP contribution in [0.15, 0.2) is 28.9 Å². The fraction of sp³-hybridized carbons (Fsp3) is 0.524. The van der Waals surface area contributed by atoms with E-state index in [1.807, 2.05) is 19.9 Å². The van der Waals surface area contributed by atoms with Crippen molar-refractivity contribution in [3.05, 3.63) is 39.4 Å². The molecule has 1 aromatic carbocycles. The maximum Gasteiger partial charge on any atom is 0.267 e. The highest BCUT2D eigenvalue weighted by molar-refractivity contribution is 8.04. The molecular formula is C21H27ClN2O3S. The summed E-state index contributed by atoms with van der Waals surface area (Å²) >= 11 is 7.66. The molecule has 7 heteroatoms. The van der Waals surface area contributed by atoms with E-state index in [2.05, 4.69) is 5.32 Å². The normalized spacial score (nSPS) is 18.5. The molecule has 1 N–H and O–H groups in total. The molecule has 1 aromatic rings. The van der Waals surface area contributed by atoms with Gasteiger partial charge in [0.2, 0.25) is 5.91 Å². The van der Waals surface area contributed by atoms with Gasteiger partial charge in [-0.3, -0.25) is 14.5 Å². The van der Waals surface area contributed by atoms with Crippen molar-refractivity contribution in [3.63, 3.8) is 0 Å². The van der Waals surface area contributed by atoms with Crippen LogP contribution in [0.3, 0.4) is 0 Å². The molecular weight excluding hydrogens is 396 g/mol. The molecule has 28 heavy (non-hydrogen) atoms. The third-order valence-corrected chi connectivity index (χ3v) is 7.17. The molecule has 0 spiro atoms. The van der Waals surface area contributed by atoms with E-state index >= 15 is 0 Å². The molecule has 1 saturated carbocycles. The number of anilines is 1. The van der Waals surface area contributed by atoms with E-state index in [1.54, 1.807) is 37.7 Å². The van der Waals surface area contributed by atoms with Crippen LogP contribution in [-0.4, -0.2) is 34.2 Å². The summed E-state index contributed by atoms with van der Waals surface area (Å²) in [4.78, 5) is 28.4. The minimum atomic E-state index is -1.08. The number of nitrogens with zero attached hydrogens (tertiary/aromatic N) is 1. The summed E-state index contributed by atoms with van der Waals surface area (Å²) in [7, 11) is 0. The van der Waals surface area contributed by atoms with Crippen LogP contribution in [0.4, 0.5) is 5.69 Å². The second-order valence-corrected chi connectivity index (χ2v) is 9.64. The second kappa shape index (κ2) is 8.37. The minimum Gasteiger partial charge on any atom is -0.476 e. The van der Waals surface area contributed by atoms with Crippen molar-refractivity contribution in [2.45, 2.75) is 64.2 Å². The summed E-state index contributed by atoms with van der Waals surface area (Å²) < 4.78 is 5.78. The average Bonchev–Trinajstić information content (AvgIpc) is 3.14. The Labute approximate surface area is 175 Å². The summed E-state index contributed by atoms with van der Waals surface area (Å²) in [6.45, 7) is 7.27. The van der Waals surface area contributed by atoms with Crippen LogP contribution in [0.25, 0.3) is 0 Å². The number of ether oxygens (including phenoxy) is 1. The number of nitrogens with one attached hydrogen (secondary N) is 1. The van der Waals surface area contributed by atoms with Gasteiger partial charge in [0.05, 0.1) is 0 Å². The van der Waals surface area contributed by atoms with Crippen LogP contribution in [0.5, 0.6) is 0 Å². The molecule has 2 aliphatic rings. The predicted molar refractivity (Wildman–Crippen MR) is 114 cm³/mol. The topological polar surface area (TPSA) is 58.6 Å². The van der Waals surface area contributed by atoms with Crippen LogP contribution < -0.4 is 5.32 Å². The van der Waals surface area contributed by atoms with E-state index in [-0.39, 0.29) is 18.5 Å². The van der Waals surface area contributed by atoms with Crippen molar-refractivity contribution in [1.82, 2.24) is 4.90 Å². The van der Waals surface area contributed by atoms with E-state index in [0.29, 0.717) is 26.6 Å². The number of carbonyl (C=O) groups is 2. The number of amides is 2. The fourth-order valence-corrected chi connectivity index (χ4v) is 4.92. The lowest BCUT2D eigenvalue weighted by Gasteiger charge is -2.40. The van der Waals surface area contributed by atoms with Crippen molar-refractivity contribution < 1.29 is 14.3 Å². The van der Waals surface area contributed by atoms with E-state index in [1.165, 1.54) is 17.7 Å². The van der Waals surface area contributed by atoms with Gasteiger partial charge < -0.3 is 10.1 Å². The molecule has 152 valence electrons. The molecule has 0 radical (unpaired) electrons. The molecule has 2 amide bonds. The Hall–Kier alpha value is -1.66. The number of aryl methyl sites for hydroxylation is 1. The lowest BCUT2D eigenvalue weighted by Crippen LogP contribution is -2.57. The number of hydrogen-bond donors (Lipinski definition) is 1. The highest BCUT2D eigenvalue weighted by Gasteiger charge is 2.42. The SMILES string of the molecule is CC1=C(SC2CCCC2)C(=O)N(C(C)(C)C(=O)Nc2cc(Cl)ccc2C)CO1. The first kappa shape index (κ1) is 21.1. The van der Waals surface area contributed by atoms with Gasteiger partial charge in [-0.15, -0.1) is 11.8 Å². The van der Waals surface area contributed by atoms with Crippen LogP contribution in [-0.2, 0) is 14.3 Å². The van der Waals surface area contributed by atoms with Crippen LogP contribution in [0.2, 0.25) is 5.02 Å². The lowest BCUT2D eigenvalue weighted by molar-refractivity contribution is -0.148. The summed E-state index contributed by atoms with van der Waals surface area (Å²) in [5.41, 5.74) is 0.472. The summed E-state index contributed by atoms with van der Waals surface area (Å²) in [5, 5.41) is 3.91. The number of thioether (sulfide) groups is 1. The van der Waals surface area contributed by atoms with Gasteiger partial charge in [-0.2, -0.15) is 0 Å². The molecule has 0 atom stereocenters. The zero-order valence-electron chi connectivity index (χ0n) is 16.8.